The van der Waals surface area contributed by atoms with E-state index in [-0.39, 0.29) is 17.7 Å². The van der Waals surface area contributed by atoms with Crippen LogP contribution in [-0.2, 0) is 9.59 Å². The number of hydrogen-bond acceptors (Lipinski definition) is 2. The zero-order chi connectivity index (χ0) is 11.5. The van der Waals surface area contributed by atoms with Crippen LogP contribution in [0.1, 0.15) is 38.5 Å². The zero-order valence-electron chi connectivity index (χ0n) is 9.87. The van der Waals surface area contributed by atoms with Crippen LogP contribution in [-0.4, -0.2) is 36.3 Å². The van der Waals surface area contributed by atoms with Crippen LogP contribution in [0.4, 0.5) is 0 Å². The summed E-state index contributed by atoms with van der Waals surface area (Å²) in [7, 11) is 1.91. The molecule has 16 heavy (non-hydrogen) atoms. The molecule has 0 spiro atoms. The maximum absolute atomic E-state index is 12.2. The zero-order valence-corrected chi connectivity index (χ0v) is 9.87. The van der Waals surface area contributed by atoms with Gasteiger partial charge in [-0.15, -0.1) is 0 Å². The van der Waals surface area contributed by atoms with Crippen LogP contribution in [0.15, 0.2) is 0 Å². The van der Waals surface area contributed by atoms with E-state index in [0.717, 1.165) is 12.8 Å². The smallest absolute Gasteiger partial charge is 0.227 e. The summed E-state index contributed by atoms with van der Waals surface area (Å²) in [5, 5.41) is 2.77. The van der Waals surface area contributed by atoms with E-state index in [2.05, 4.69) is 5.32 Å². The Hall–Kier alpha value is -1.06. The van der Waals surface area contributed by atoms with Crippen molar-refractivity contribution < 1.29 is 9.59 Å². The molecule has 4 heteroatoms. The molecule has 1 atom stereocenters. The van der Waals surface area contributed by atoms with Crippen LogP contribution >= 0.6 is 0 Å². The first-order chi connectivity index (χ1) is 7.68. The maximum atomic E-state index is 12.2. The molecule has 2 aliphatic rings. The van der Waals surface area contributed by atoms with E-state index in [4.69, 9.17) is 0 Å². The molecule has 0 radical (unpaired) electrons. The third-order valence-corrected chi connectivity index (χ3v) is 3.83. The molecule has 1 heterocycles. The number of nitrogens with one attached hydrogen (secondary N) is 1. The van der Waals surface area contributed by atoms with E-state index in [0.29, 0.717) is 25.4 Å². The Morgan fingerprint density at radius 3 is 2.56 bits per heavy atom. The number of hydrogen-bond donors (Lipinski definition) is 1. The van der Waals surface area contributed by atoms with Crippen LogP contribution in [0.5, 0.6) is 0 Å². The molecule has 0 bridgehead atoms. The number of carbonyl (C=O) groups excluding carboxylic acids is 2. The Kier molecular flexibility index (Phi) is 3.46. The summed E-state index contributed by atoms with van der Waals surface area (Å²) in [6, 6.07) is 0.435. The van der Waals surface area contributed by atoms with Gasteiger partial charge in [0.1, 0.15) is 0 Å². The summed E-state index contributed by atoms with van der Waals surface area (Å²) in [6.45, 7) is 0.523. The fraction of sp³-hybridized carbons (Fsp3) is 0.833. The van der Waals surface area contributed by atoms with Crippen LogP contribution < -0.4 is 5.32 Å². The molecule has 1 N–H and O–H groups in total. The summed E-state index contributed by atoms with van der Waals surface area (Å²) in [5.74, 6) is 0.294. The third kappa shape index (κ3) is 2.36. The van der Waals surface area contributed by atoms with Gasteiger partial charge in [0.05, 0.1) is 5.92 Å². The second-order valence-corrected chi connectivity index (χ2v) is 4.93. The van der Waals surface area contributed by atoms with Crippen molar-refractivity contribution >= 4 is 11.8 Å². The summed E-state index contributed by atoms with van der Waals surface area (Å²) in [4.78, 5) is 25.1. The van der Waals surface area contributed by atoms with Gasteiger partial charge in [0.25, 0.3) is 0 Å². The summed E-state index contributed by atoms with van der Waals surface area (Å²) in [5.41, 5.74) is 0. The molecule has 1 saturated heterocycles. The van der Waals surface area contributed by atoms with Crippen LogP contribution in [0.25, 0.3) is 0 Å². The lowest BCUT2D eigenvalue weighted by Gasteiger charge is -2.30. The maximum Gasteiger partial charge on any atom is 0.227 e. The molecule has 2 fully saturated rings. The molecule has 90 valence electrons. The van der Waals surface area contributed by atoms with E-state index in [9.17, 15) is 9.59 Å². The fourth-order valence-corrected chi connectivity index (χ4v) is 2.70. The topological polar surface area (TPSA) is 49.4 Å². The van der Waals surface area contributed by atoms with Gasteiger partial charge < -0.3 is 10.2 Å². The Bertz CT molecular complexity index is 275. The predicted molar refractivity (Wildman–Crippen MR) is 60.8 cm³/mol. The van der Waals surface area contributed by atoms with Gasteiger partial charge in [-0.25, -0.2) is 0 Å². The lowest BCUT2D eigenvalue weighted by Crippen LogP contribution is -2.46. The second kappa shape index (κ2) is 4.85. The fourth-order valence-electron chi connectivity index (χ4n) is 2.70. The van der Waals surface area contributed by atoms with E-state index >= 15 is 0 Å². The summed E-state index contributed by atoms with van der Waals surface area (Å²) >= 11 is 0. The molecule has 1 saturated carbocycles. The minimum Gasteiger partial charge on any atom is -0.355 e. The van der Waals surface area contributed by atoms with Gasteiger partial charge >= 0.3 is 0 Å². The van der Waals surface area contributed by atoms with Crippen molar-refractivity contribution in [2.24, 2.45) is 5.92 Å². The van der Waals surface area contributed by atoms with Crippen molar-refractivity contribution in [1.29, 1.82) is 0 Å². The number of carbonyl (C=O) groups is 2. The quantitative estimate of drug-likeness (QED) is 0.758. The van der Waals surface area contributed by atoms with Crippen molar-refractivity contribution in [2.45, 2.75) is 44.6 Å². The normalized spacial score (nSPS) is 26.6. The lowest BCUT2D eigenvalue weighted by atomic mass is 9.97. The van der Waals surface area contributed by atoms with Crippen molar-refractivity contribution in [1.82, 2.24) is 10.2 Å². The number of rotatable bonds is 2. The largest absolute Gasteiger partial charge is 0.355 e. The first-order valence-electron chi connectivity index (χ1n) is 6.22. The van der Waals surface area contributed by atoms with Crippen LogP contribution in [0.2, 0.25) is 0 Å². The van der Waals surface area contributed by atoms with Gasteiger partial charge in [-0.05, 0) is 19.3 Å². The van der Waals surface area contributed by atoms with Crippen molar-refractivity contribution in [3.63, 3.8) is 0 Å². The predicted octanol–water partition coefficient (Wildman–Crippen LogP) is 0.914. The standard InChI is InChI=1S/C12H20N2O2/c1-14(10-4-2-3-5-10)12(16)9-6-7-11(15)13-8-9/h9-10H,2-8H2,1H3,(H,13,15). The highest BCUT2D eigenvalue weighted by molar-refractivity contribution is 5.83. The molecule has 1 unspecified atom stereocenters. The lowest BCUT2D eigenvalue weighted by molar-refractivity contribution is -0.138. The second-order valence-electron chi connectivity index (χ2n) is 4.93. The van der Waals surface area contributed by atoms with Gasteiger partial charge in [0.2, 0.25) is 11.8 Å². The Morgan fingerprint density at radius 1 is 1.31 bits per heavy atom. The highest BCUT2D eigenvalue weighted by Gasteiger charge is 2.30. The molecular formula is C12H20N2O2. The Morgan fingerprint density at radius 2 is 2.00 bits per heavy atom. The highest BCUT2D eigenvalue weighted by Crippen LogP contribution is 2.24. The Balaban J connectivity index is 1.88. The first-order valence-corrected chi connectivity index (χ1v) is 6.22. The van der Waals surface area contributed by atoms with Crippen LogP contribution in [0.3, 0.4) is 0 Å². The summed E-state index contributed by atoms with van der Waals surface area (Å²) < 4.78 is 0. The SMILES string of the molecule is CN(C(=O)C1CCC(=O)NC1)C1CCCC1. The molecule has 0 aromatic carbocycles. The highest BCUT2D eigenvalue weighted by atomic mass is 16.2. The van der Waals surface area contributed by atoms with Gasteiger partial charge in [0.15, 0.2) is 0 Å². The van der Waals surface area contributed by atoms with Crippen molar-refractivity contribution in [3.8, 4) is 0 Å². The number of nitrogens with zero attached hydrogens (tertiary/aromatic N) is 1. The van der Waals surface area contributed by atoms with Gasteiger partial charge in [-0.1, -0.05) is 12.8 Å². The van der Waals surface area contributed by atoms with E-state index in [1.165, 1.54) is 12.8 Å². The molecule has 2 rings (SSSR count). The van der Waals surface area contributed by atoms with Gasteiger partial charge in [0, 0.05) is 26.1 Å². The van der Waals surface area contributed by atoms with Crippen molar-refractivity contribution in [2.75, 3.05) is 13.6 Å². The van der Waals surface area contributed by atoms with Gasteiger partial charge in [-0.2, -0.15) is 0 Å². The van der Waals surface area contributed by atoms with Gasteiger partial charge in [-0.3, -0.25) is 9.59 Å². The monoisotopic (exact) mass is 224 g/mol. The molecule has 2 amide bonds. The minimum absolute atomic E-state index is 0.00306. The van der Waals surface area contributed by atoms with E-state index in [1.807, 2.05) is 11.9 Å². The minimum atomic E-state index is 0.00306. The first kappa shape index (κ1) is 11.4. The molecule has 4 nitrogen and oxygen atoms in total. The average molecular weight is 224 g/mol. The third-order valence-electron chi connectivity index (χ3n) is 3.83. The molecule has 0 aromatic rings. The Labute approximate surface area is 96.4 Å². The molecule has 0 aromatic heterocycles. The summed E-state index contributed by atoms with van der Waals surface area (Å²) in [6.07, 6.45) is 5.96. The van der Waals surface area contributed by atoms with Crippen LogP contribution in [0, 0.1) is 5.92 Å². The number of amides is 2. The van der Waals surface area contributed by atoms with E-state index in [1.54, 1.807) is 0 Å². The molecule has 1 aliphatic carbocycles. The van der Waals surface area contributed by atoms with E-state index < -0.39 is 0 Å². The number of piperidine rings is 1. The molecular weight excluding hydrogens is 204 g/mol. The molecule has 1 aliphatic heterocycles. The van der Waals surface area contributed by atoms with Crippen molar-refractivity contribution in [3.05, 3.63) is 0 Å². The average Bonchev–Trinajstić information content (AvgIpc) is 2.81.